The highest BCUT2D eigenvalue weighted by Crippen LogP contribution is 2.56. The molecular formula is C19H17F3N4OS. The maximum atomic E-state index is 13.1. The third-order valence-electron chi connectivity index (χ3n) is 4.98. The second-order valence-corrected chi connectivity index (χ2v) is 7.89. The lowest BCUT2D eigenvalue weighted by atomic mass is 9.95. The van der Waals surface area contributed by atoms with Crippen LogP contribution in [0.3, 0.4) is 0 Å². The molecule has 0 spiro atoms. The summed E-state index contributed by atoms with van der Waals surface area (Å²) in [4.78, 5) is 17.0. The number of carbonyl (C=O) groups excluding carboxylic acids is 1. The fraction of sp³-hybridized carbons (Fsp3) is 0.316. The van der Waals surface area contributed by atoms with Gasteiger partial charge in [0, 0.05) is 18.7 Å². The van der Waals surface area contributed by atoms with Crippen molar-refractivity contribution in [1.82, 2.24) is 14.8 Å². The number of amides is 1. The zero-order valence-electron chi connectivity index (χ0n) is 15.2. The average molecular weight is 406 g/mol. The van der Waals surface area contributed by atoms with Crippen LogP contribution < -0.4 is 5.32 Å². The van der Waals surface area contributed by atoms with Crippen LogP contribution in [0.5, 0.6) is 0 Å². The molecule has 0 bridgehead atoms. The Labute approximate surface area is 163 Å². The predicted octanol–water partition coefficient (Wildman–Crippen LogP) is 4.54. The number of rotatable bonds is 4. The van der Waals surface area contributed by atoms with E-state index in [1.165, 1.54) is 34.3 Å². The number of halogens is 3. The minimum Gasteiger partial charge on any atom is -0.311 e. The highest BCUT2D eigenvalue weighted by atomic mass is 32.1. The van der Waals surface area contributed by atoms with E-state index in [1.807, 2.05) is 0 Å². The van der Waals surface area contributed by atoms with Crippen molar-refractivity contribution in [2.75, 3.05) is 5.32 Å². The molecular weight excluding hydrogens is 389 g/mol. The van der Waals surface area contributed by atoms with Gasteiger partial charge in [0.15, 0.2) is 0 Å². The number of alkyl halides is 3. The summed E-state index contributed by atoms with van der Waals surface area (Å²) < 4.78 is 40.7. The van der Waals surface area contributed by atoms with Crippen LogP contribution in [0.2, 0.25) is 0 Å². The van der Waals surface area contributed by atoms with E-state index in [2.05, 4.69) is 15.4 Å². The number of thiazole rings is 1. The fourth-order valence-electron chi connectivity index (χ4n) is 3.23. The number of aromatic nitrogens is 3. The quantitative estimate of drug-likeness (QED) is 0.692. The van der Waals surface area contributed by atoms with Gasteiger partial charge in [-0.15, -0.1) is 11.3 Å². The second kappa shape index (κ2) is 6.44. The van der Waals surface area contributed by atoms with Crippen molar-refractivity contribution in [1.29, 1.82) is 0 Å². The van der Waals surface area contributed by atoms with E-state index in [0.29, 0.717) is 22.0 Å². The molecule has 1 N–H and O–H groups in total. The lowest BCUT2D eigenvalue weighted by Crippen LogP contribution is -2.15. The molecule has 1 aliphatic carbocycles. The molecule has 1 aromatic carbocycles. The maximum Gasteiger partial charge on any atom is 0.416 e. The van der Waals surface area contributed by atoms with Gasteiger partial charge in [0.05, 0.1) is 11.3 Å². The highest BCUT2D eigenvalue weighted by Gasteiger charge is 2.49. The molecule has 0 unspecified atom stereocenters. The summed E-state index contributed by atoms with van der Waals surface area (Å²) in [5.41, 5.74) is 0.503. The largest absolute Gasteiger partial charge is 0.416 e. The first kappa shape index (κ1) is 18.7. The Morgan fingerprint density at radius 1 is 1.29 bits per heavy atom. The molecule has 1 amide bonds. The third kappa shape index (κ3) is 3.19. The summed E-state index contributed by atoms with van der Waals surface area (Å²) in [6, 6.07) is 7.04. The smallest absolute Gasteiger partial charge is 0.311 e. The molecule has 2 heterocycles. The topological polar surface area (TPSA) is 59.8 Å². The molecule has 1 aliphatic rings. The second-order valence-electron chi connectivity index (χ2n) is 6.89. The van der Waals surface area contributed by atoms with Crippen LogP contribution in [0.4, 0.5) is 18.2 Å². The lowest BCUT2D eigenvalue weighted by molar-refractivity contribution is -0.137. The van der Waals surface area contributed by atoms with Gasteiger partial charge in [0.1, 0.15) is 15.7 Å². The molecule has 5 nitrogen and oxygen atoms in total. The molecule has 1 saturated carbocycles. The molecule has 0 atom stereocenters. The maximum absolute atomic E-state index is 13.1. The van der Waals surface area contributed by atoms with Crippen molar-refractivity contribution in [2.24, 2.45) is 7.05 Å². The zero-order chi connectivity index (χ0) is 20.1. The van der Waals surface area contributed by atoms with Crippen molar-refractivity contribution in [3.05, 3.63) is 64.1 Å². The Kier molecular flexibility index (Phi) is 4.29. The van der Waals surface area contributed by atoms with Crippen molar-refractivity contribution in [3.8, 4) is 0 Å². The fourth-order valence-corrected chi connectivity index (χ4v) is 4.46. The Hall–Kier alpha value is -2.68. The van der Waals surface area contributed by atoms with Gasteiger partial charge in [0.25, 0.3) is 5.91 Å². The molecule has 4 rings (SSSR count). The number of carbonyl (C=O) groups is 1. The summed E-state index contributed by atoms with van der Waals surface area (Å²) >= 11 is 1.31. The van der Waals surface area contributed by atoms with Gasteiger partial charge in [-0.2, -0.15) is 18.3 Å². The van der Waals surface area contributed by atoms with E-state index in [9.17, 15) is 18.0 Å². The molecule has 2 aromatic heterocycles. The zero-order valence-corrected chi connectivity index (χ0v) is 16.0. The van der Waals surface area contributed by atoms with E-state index in [4.69, 9.17) is 0 Å². The molecule has 0 aliphatic heterocycles. The first-order valence-corrected chi connectivity index (χ1v) is 9.47. The summed E-state index contributed by atoms with van der Waals surface area (Å²) in [5.74, 6) is -0.304. The van der Waals surface area contributed by atoms with Crippen molar-refractivity contribution in [2.45, 2.75) is 31.4 Å². The molecule has 146 valence electrons. The summed E-state index contributed by atoms with van der Waals surface area (Å²) in [7, 11) is 1.67. The Bertz CT molecular complexity index is 1050. The molecule has 28 heavy (non-hydrogen) atoms. The summed E-state index contributed by atoms with van der Waals surface area (Å²) in [6.07, 6.45) is -1.38. The van der Waals surface area contributed by atoms with Gasteiger partial charge < -0.3 is 5.32 Å². The Morgan fingerprint density at radius 2 is 2.04 bits per heavy atom. The predicted molar refractivity (Wildman–Crippen MR) is 99.5 cm³/mol. The van der Waals surface area contributed by atoms with Gasteiger partial charge in [-0.1, -0.05) is 18.2 Å². The van der Waals surface area contributed by atoms with Gasteiger partial charge in [0.2, 0.25) is 0 Å². The normalized spacial score (nSPS) is 15.5. The van der Waals surface area contributed by atoms with Crippen LogP contribution in [0.25, 0.3) is 0 Å². The van der Waals surface area contributed by atoms with Crippen LogP contribution in [0.1, 0.15) is 45.2 Å². The molecule has 0 radical (unpaired) electrons. The number of benzene rings is 1. The first-order chi connectivity index (χ1) is 13.2. The molecule has 9 heteroatoms. The first-order valence-electron chi connectivity index (χ1n) is 8.66. The monoisotopic (exact) mass is 406 g/mol. The van der Waals surface area contributed by atoms with Crippen molar-refractivity contribution < 1.29 is 18.0 Å². The summed E-state index contributed by atoms with van der Waals surface area (Å²) in [5, 5.41) is 8.14. The van der Waals surface area contributed by atoms with E-state index < -0.39 is 17.2 Å². The van der Waals surface area contributed by atoms with Crippen LogP contribution in [-0.2, 0) is 18.6 Å². The number of aryl methyl sites for hydroxylation is 2. The van der Waals surface area contributed by atoms with Crippen LogP contribution in [0.15, 0.2) is 36.5 Å². The minimum atomic E-state index is -4.38. The molecule has 1 fully saturated rings. The van der Waals surface area contributed by atoms with E-state index in [0.717, 1.165) is 23.9 Å². The highest BCUT2D eigenvalue weighted by molar-refractivity contribution is 7.16. The van der Waals surface area contributed by atoms with E-state index in [-0.39, 0.29) is 5.91 Å². The van der Waals surface area contributed by atoms with Crippen LogP contribution in [0, 0.1) is 6.92 Å². The third-order valence-corrected chi connectivity index (χ3v) is 6.26. The lowest BCUT2D eigenvalue weighted by Gasteiger charge is -2.15. The SMILES string of the molecule is Cc1nc(C2(c3cccc(C(F)(F)F)c3)CC2)sc1NC(=O)c1ccnn1C. The van der Waals surface area contributed by atoms with E-state index in [1.54, 1.807) is 26.1 Å². The number of hydrogen-bond donors (Lipinski definition) is 1. The van der Waals surface area contributed by atoms with E-state index >= 15 is 0 Å². The number of hydrogen-bond acceptors (Lipinski definition) is 4. The van der Waals surface area contributed by atoms with Crippen molar-refractivity contribution >= 4 is 22.2 Å². The minimum absolute atomic E-state index is 0.304. The number of anilines is 1. The molecule has 0 saturated heterocycles. The molecule has 3 aromatic rings. The summed E-state index contributed by atoms with van der Waals surface area (Å²) in [6.45, 7) is 1.78. The van der Waals surface area contributed by atoms with Gasteiger partial charge >= 0.3 is 6.18 Å². The van der Waals surface area contributed by atoms with Gasteiger partial charge in [-0.3, -0.25) is 9.48 Å². The Balaban J connectivity index is 1.63. The standard InChI is InChI=1S/C19H17F3N4OS/c1-11-16(25-15(27)14-6-9-23-26(14)2)28-17(24-11)18(7-8-18)12-4-3-5-13(10-12)19(20,21)22/h3-6,9-10H,7-8H2,1-2H3,(H,25,27). The average Bonchev–Trinajstić information content (AvgIpc) is 3.22. The van der Waals surface area contributed by atoms with Crippen LogP contribution in [-0.4, -0.2) is 20.7 Å². The van der Waals surface area contributed by atoms with Gasteiger partial charge in [-0.25, -0.2) is 4.98 Å². The Morgan fingerprint density at radius 3 is 2.64 bits per heavy atom. The van der Waals surface area contributed by atoms with Gasteiger partial charge in [-0.05, 0) is 37.5 Å². The van der Waals surface area contributed by atoms with Crippen LogP contribution >= 0.6 is 11.3 Å². The number of nitrogens with zero attached hydrogens (tertiary/aromatic N) is 3. The van der Waals surface area contributed by atoms with Crippen molar-refractivity contribution in [3.63, 3.8) is 0 Å². The number of nitrogens with one attached hydrogen (secondary N) is 1.